The molecule has 0 saturated heterocycles. The SMILES string of the molecule is COCCN(CC(=O)Cc1ccc(F)cc1)C(C)C1CC1. The van der Waals surface area contributed by atoms with Gasteiger partial charge in [-0.15, -0.1) is 0 Å². The van der Waals surface area contributed by atoms with E-state index in [4.69, 9.17) is 4.74 Å². The van der Waals surface area contributed by atoms with Crippen molar-refractivity contribution in [1.82, 2.24) is 4.90 Å². The first-order chi connectivity index (χ1) is 10.1. The molecule has 4 heteroatoms. The highest BCUT2D eigenvalue weighted by Crippen LogP contribution is 2.35. The van der Waals surface area contributed by atoms with Gasteiger partial charge in [-0.2, -0.15) is 0 Å². The van der Waals surface area contributed by atoms with Crippen LogP contribution in [0, 0.1) is 11.7 Å². The molecule has 0 aromatic heterocycles. The molecule has 1 unspecified atom stereocenters. The van der Waals surface area contributed by atoms with Gasteiger partial charge >= 0.3 is 0 Å². The second kappa shape index (κ2) is 7.66. The Kier molecular flexibility index (Phi) is 5.88. The summed E-state index contributed by atoms with van der Waals surface area (Å²) in [5, 5.41) is 0. The maximum Gasteiger partial charge on any atom is 0.151 e. The lowest BCUT2D eigenvalue weighted by Gasteiger charge is -2.28. The highest BCUT2D eigenvalue weighted by atomic mass is 19.1. The Morgan fingerprint density at radius 2 is 2.05 bits per heavy atom. The van der Waals surface area contributed by atoms with E-state index in [2.05, 4.69) is 11.8 Å². The average molecular weight is 293 g/mol. The minimum atomic E-state index is -0.268. The van der Waals surface area contributed by atoms with Crippen molar-refractivity contribution < 1.29 is 13.9 Å². The van der Waals surface area contributed by atoms with Gasteiger partial charge in [0.2, 0.25) is 0 Å². The van der Waals surface area contributed by atoms with Crippen LogP contribution in [0.5, 0.6) is 0 Å². The van der Waals surface area contributed by atoms with Crippen LogP contribution in [0.25, 0.3) is 0 Å². The van der Waals surface area contributed by atoms with E-state index in [0.717, 1.165) is 18.0 Å². The van der Waals surface area contributed by atoms with Gasteiger partial charge in [0.25, 0.3) is 0 Å². The molecule has 0 aliphatic heterocycles. The zero-order chi connectivity index (χ0) is 15.2. The number of Topliss-reactive ketones (excluding diaryl/α,β-unsaturated/α-hetero) is 1. The standard InChI is InChI=1S/C17H24FNO2/c1-13(15-5-6-15)19(9-10-21-2)12-17(20)11-14-3-7-16(18)8-4-14/h3-4,7-8,13,15H,5-6,9-12H2,1-2H3. The number of ketones is 1. The Hall–Kier alpha value is -1.26. The van der Waals surface area contributed by atoms with Gasteiger partial charge < -0.3 is 4.74 Å². The maximum absolute atomic E-state index is 12.9. The highest BCUT2D eigenvalue weighted by Gasteiger charge is 2.32. The van der Waals surface area contributed by atoms with E-state index in [0.29, 0.717) is 25.6 Å². The van der Waals surface area contributed by atoms with E-state index >= 15 is 0 Å². The maximum atomic E-state index is 12.9. The number of halogens is 1. The fraction of sp³-hybridized carbons (Fsp3) is 0.588. The van der Waals surface area contributed by atoms with E-state index in [1.807, 2.05) is 0 Å². The molecule has 0 bridgehead atoms. The molecule has 1 aromatic carbocycles. The number of methoxy groups -OCH3 is 1. The average Bonchev–Trinajstić information content (AvgIpc) is 3.30. The van der Waals surface area contributed by atoms with Crippen molar-refractivity contribution in [2.24, 2.45) is 5.92 Å². The zero-order valence-electron chi connectivity index (χ0n) is 12.8. The number of carbonyl (C=O) groups excluding carboxylic acids is 1. The molecule has 1 saturated carbocycles. The van der Waals surface area contributed by atoms with Crippen LogP contribution in [0.3, 0.4) is 0 Å². The summed E-state index contributed by atoms with van der Waals surface area (Å²) in [5.41, 5.74) is 0.868. The fourth-order valence-corrected chi connectivity index (χ4v) is 2.62. The van der Waals surface area contributed by atoms with Crippen molar-refractivity contribution in [3.05, 3.63) is 35.6 Å². The normalized spacial score (nSPS) is 16.2. The number of benzene rings is 1. The molecule has 0 radical (unpaired) electrons. The van der Waals surface area contributed by atoms with Crippen molar-refractivity contribution in [3.63, 3.8) is 0 Å². The fourth-order valence-electron chi connectivity index (χ4n) is 2.62. The molecule has 0 spiro atoms. The van der Waals surface area contributed by atoms with Crippen LogP contribution in [-0.2, 0) is 16.0 Å². The predicted octanol–water partition coefficient (Wildman–Crippen LogP) is 2.68. The molecule has 1 aromatic rings. The molecular weight excluding hydrogens is 269 g/mol. The highest BCUT2D eigenvalue weighted by molar-refractivity contribution is 5.82. The van der Waals surface area contributed by atoms with Crippen LogP contribution in [0.4, 0.5) is 4.39 Å². The lowest BCUT2D eigenvalue weighted by atomic mass is 10.1. The first-order valence-corrected chi connectivity index (χ1v) is 7.59. The van der Waals surface area contributed by atoms with Gasteiger partial charge in [-0.05, 0) is 43.4 Å². The summed E-state index contributed by atoms with van der Waals surface area (Å²) >= 11 is 0. The molecule has 1 fully saturated rings. The van der Waals surface area contributed by atoms with Crippen molar-refractivity contribution in [2.75, 3.05) is 26.8 Å². The number of hydrogen-bond donors (Lipinski definition) is 0. The number of carbonyl (C=O) groups is 1. The molecule has 0 N–H and O–H groups in total. The summed E-state index contributed by atoms with van der Waals surface area (Å²) in [6, 6.07) is 6.59. The summed E-state index contributed by atoms with van der Waals surface area (Å²) in [4.78, 5) is 14.5. The molecule has 1 aliphatic rings. The van der Waals surface area contributed by atoms with E-state index in [1.165, 1.54) is 25.0 Å². The second-order valence-corrected chi connectivity index (χ2v) is 5.88. The van der Waals surface area contributed by atoms with Gasteiger partial charge in [0.05, 0.1) is 13.2 Å². The Balaban J connectivity index is 1.88. The molecular formula is C17H24FNO2. The summed E-state index contributed by atoms with van der Waals surface area (Å²) in [5.74, 6) is 0.626. The summed E-state index contributed by atoms with van der Waals surface area (Å²) in [7, 11) is 1.68. The molecule has 116 valence electrons. The number of ether oxygens (including phenoxy) is 1. The van der Waals surface area contributed by atoms with Gasteiger partial charge in [-0.1, -0.05) is 12.1 Å². The number of rotatable bonds is 9. The molecule has 1 atom stereocenters. The van der Waals surface area contributed by atoms with Gasteiger partial charge in [0.15, 0.2) is 5.78 Å². The van der Waals surface area contributed by atoms with Gasteiger partial charge in [0.1, 0.15) is 5.82 Å². The summed E-state index contributed by atoms with van der Waals surface area (Å²) < 4.78 is 18.0. The Bertz CT molecular complexity index is 456. The van der Waals surface area contributed by atoms with Crippen molar-refractivity contribution in [2.45, 2.75) is 32.2 Å². The molecule has 2 rings (SSSR count). The number of nitrogens with zero attached hydrogens (tertiary/aromatic N) is 1. The smallest absolute Gasteiger partial charge is 0.151 e. The predicted molar refractivity (Wildman–Crippen MR) is 80.7 cm³/mol. The van der Waals surface area contributed by atoms with E-state index in [1.54, 1.807) is 19.2 Å². The second-order valence-electron chi connectivity index (χ2n) is 5.88. The lowest BCUT2D eigenvalue weighted by molar-refractivity contribution is -0.120. The van der Waals surface area contributed by atoms with Crippen LogP contribution in [0.2, 0.25) is 0 Å². The monoisotopic (exact) mass is 293 g/mol. The third-order valence-corrected chi connectivity index (χ3v) is 4.16. The van der Waals surface area contributed by atoms with Gasteiger partial charge in [-0.3, -0.25) is 9.69 Å². The van der Waals surface area contributed by atoms with E-state index < -0.39 is 0 Å². The first-order valence-electron chi connectivity index (χ1n) is 7.59. The topological polar surface area (TPSA) is 29.5 Å². The van der Waals surface area contributed by atoms with Crippen LogP contribution < -0.4 is 0 Å². The van der Waals surface area contributed by atoms with Gasteiger partial charge in [0, 0.05) is 26.1 Å². The van der Waals surface area contributed by atoms with Crippen LogP contribution >= 0.6 is 0 Å². The third kappa shape index (κ3) is 5.21. The Morgan fingerprint density at radius 1 is 1.38 bits per heavy atom. The van der Waals surface area contributed by atoms with Crippen molar-refractivity contribution >= 4 is 5.78 Å². The summed E-state index contributed by atoms with van der Waals surface area (Å²) in [6.07, 6.45) is 2.88. The molecule has 0 heterocycles. The van der Waals surface area contributed by atoms with Gasteiger partial charge in [-0.25, -0.2) is 4.39 Å². The number of hydrogen-bond acceptors (Lipinski definition) is 3. The van der Waals surface area contributed by atoms with E-state index in [-0.39, 0.29) is 11.6 Å². The molecule has 1 aliphatic carbocycles. The minimum absolute atomic E-state index is 0.171. The molecule has 3 nitrogen and oxygen atoms in total. The van der Waals surface area contributed by atoms with Crippen LogP contribution in [0.1, 0.15) is 25.3 Å². The molecule has 0 amide bonds. The van der Waals surface area contributed by atoms with Crippen LogP contribution in [-0.4, -0.2) is 43.5 Å². The quantitative estimate of drug-likeness (QED) is 0.701. The zero-order valence-corrected chi connectivity index (χ0v) is 12.8. The van der Waals surface area contributed by atoms with Crippen molar-refractivity contribution in [3.8, 4) is 0 Å². The minimum Gasteiger partial charge on any atom is -0.383 e. The summed E-state index contributed by atoms with van der Waals surface area (Å²) in [6.45, 7) is 4.06. The van der Waals surface area contributed by atoms with Crippen LogP contribution in [0.15, 0.2) is 24.3 Å². The van der Waals surface area contributed by atoms with E-state index in [9.17, 15) is 9.18 Å². The lowest BCUT2D eigenvalue weighted by Crippen LogP contribution is -2.41. The Morgan fingerprint density at radius 3 is 2.62 bits per heavy atom. The Labute approximate surface area is 126 Å². The third-order valence-electron chi connectivity index (χ3n) is 4.16. The van der Waals surface area contributed by atoms with Crippen molar-refractivity contribution in [1.29, 1.82) is 0 Å². The first kappa shape index (κ1) is 16.1. The molecule has 21 heavy (non-hydrogen) atoms. The largest absolute Gasteiger partial charge is 0.383 e.